The third-order valence-corrected chi connectivity index (χ3v) is 3.31. The van der Waals surface area contributed by atoms with Crippen LogP contribution in [-0.2, 0) is 4.79 Å². The molecule has 0 saturated carbocycles. The Kier molecular flexibility index (Phi) is 2.59. The number of benzene rings is 1. The number of Topliss-reactive ketones (excluding diaryl/α,β-unsaturated/α-hetero) is 1. The van der Waals surface area contributed by atoms with Gasteiger partial charge in [-0.3, -0.25) is 4.79 Å². The van der Waals surface area contributed by atoms with Crippen LogP contribution in [0.15, 0.2) is 24.3 Å². The summed E-state index contributed by atoms with van der Waals surface area (Å²) in [5.41, 5.74) is 2.25. The summed E-state index contributed by atoms with van der Waals surface area (Å²) in [6, 6.07) is 6.18. The predicted octanol–water partition coefficient (Wildman–Crippen LogP) is 2.26. The fraction of sp³-hybridized carbons (Fsp3) is 0.357. The number of rotatable bonds is 1. The molecule has 0 spiro atoms. The zero-order chi connectivity index (χ0) is 11.7. The Balaban J connectivity index is 1.92. The average Bonchev–Trinajstić information content (AvgIpc) is 2.39. The molecule has 0 unspecified atom stereocenters. The largest absolute Gasteiger partial charge is 0.487 e. The molecule has 2 aliphatic heterocycles. The molecule has 0 bridgehead atoms. The van der Waals surface area contributed by atoms with Gasteiger partial charge in [-0.25, -0.2) is 0 Å². The number of hydrogen-bond acceptors (Lipinski definition) is 3. The molecule has 17 heavy (non-hydrogen) atoms. The van der Waals surface area contributed by atoms with Gasteiger partial charge in [-0.15, -0.1) is 0 Å². The summed E-state index contributed by atoms with van der Waals surface area (Å²) < 4.78 is 5.72. The van der Waals surface area contributed by atoms with Gasteiger partial charge < -0.3 is 9.64 Å². The first-order chi connectivity index (χ1) is 8.34. The van der Waals surface area contributed by atoms with E-state index in [0.717, 1.165) is 30.1 Å². The Hall–Kier alpha value is -1.77. The standard InChI is InChI=1S/C14H15NO2/c16-12-6-8-15(9-7-12)13-5-1-3-11-4-2-10-17-14(11)13/h1-5H,6-10H2. The highest BCUT2D eigenvalue weighted by molar-refractivity contribution is 5.82. The zero-order valence-corrected chi connectivity index (χ0v) is 9.69. The van der Waals surface area contributed by atoms with Crippen LogP contribution >= 0.6 is 0 Å². The Morgan fingerprint density at radius 3 is 2.82 bits per heavy atom. The van der Waals surface area contributed by atoms with Gasteiger partial charge in [0, 0.05) is 31.5 Å². The van der Waals surface area contributed by atoms with E-state index < -0.39 is 0 Å². The van der Waals surface area contributed by atoms with Crippen molar-refractivity contribution >= 4 is 17.5 Å². The monoisotopic (exact) mass is 229 g/mol. The number of para-hydroxylation sites is 1. The number of hydrogen-bond donors (Lipinski definition) is 0. The average molecular weight is 229 g/mol. The summed E-state index contributed by atoms with van der Waals surface area (Å²) >= 11 is 0. The number of anilines is 1. The first-order valence-corrected chi connectivity index (χ1v) is 6.03. The van der Waals surface area contributed by atoms with Crippen molar-refractivity contribution in [3.8, 4) is 5.75 Å². The van der Waals surface area contributed by atoms with Gasteiger partial charge in [0.05, 0.1) is 5.69 Å². The molecule has 1 fully saturated rings. The normalized spacial score (nSPS) is 18.8. The van der Waals surface area contributed by atoms with Crippen molar-refractivity contribution in [2.24, 2.45) is 0 Å². The van der Waals surface area contributed by atoms with E-state index in [-0.39, 0.29) is 0 Å². The van der Waals surface area contributed by atoms with Crippen LogP contribution in [0.1, 0.15) is 18.4 Å². The van der Waals surface area contributed by atoms with E-state index in [2.05, 4.69) is 23.1 Å². The van der Waals surface area contributed by atoms with E-state index in [1.807, 2.05) is 12.1 Å². The number of piperidine rings is 1. The maximum Gasteiger partial charge on any atom is 0.150 e. The van der Waals surface area contributed by atoms with Crippen molar-refractivity contribution in [1.29, 1.82) is 0 Å². The van der Waals surface area contributed by atoms with Gasteiger partial charge in [0.2, 0.25) is 0 Å². The maximum absolute atomic E-state index is 11.3. The molecule has 2 aliphatic rings. The number of nitrogens with zero attached hydrogens (tertiary/aromatic N) is 1. The van der Waals surface area contributed by atoms with Gasteiger partial charge in [0.15, 0.2) is 0 Å². The molecule has 3 heteroatoms. The lowest BCUT2D eigenvalue weighted by molar-refractivity contribution is -0.119. The molecule has 1 saturated heterocycles. The molecule has 88 valence electrons. The van der Waals surface area contributed by atoms with E-state index in [4.69, 9.17) is 4.74 Å². The van der Waals surface area contributed by atoms with E-state index in [9.17, 15) is 4.79 Å². The summed E-state index contributed by atoms with van der Waals surface area (Å²) in [7, 11) is 0. The summed E-state index contributed by atoms with van der Waals surface area (Å²) in [6.07, 6.45) is 5.42. The molecular formula is C14H15NO2. The summed E-state index contributed by atoms with van der Waals surface area (Å²) in [5, 5.41) is 0. The fourth-order valence-corrected chi connectivity index (χ4v) is 2.38. The molecule has 0 radical (unpaired) electrons. The van der Waals surface area contributed by atoms with Gasteiger partial charge >= 0.3 is 0 Å². The van der Waals surface area contributed by atoms with Crippen LogP contribution < -0.4 is 9.64 Å². The van der Waals surface area contributed by atoms with Crippen LogP contribution in [0.25, 0.3) is 6.08 Å². The SMILES string of the molecule is O=C1CCN(c2cccc3c2OCC=C3)CC1. The molecule has 0 amide bonds. The van der Waals surface area contributed by atoms with Crippen LogP contribution in [0.4, 0.5) is 5.69 Å². The lowest BCUT2D eigenvalue weighted by atomic mass is 10.1. The number of carbonyl (C=O) groups is 1. The summed E-state index contributed by atoms with van der Waals surface area (Å²) in [5.74, 6) is 1.33. The molecule has 0 aromatic heterocycles. The lowest BCUT2D eigenvalue weighted by Gasteiger charge is -2.30. The van der Waals surface area contributed by atoms with E-state index in [1.165, 1.54) is 0 Å². The molecule has 0 N–H and O–H groups in total. The van der Waals surface area contributed by atoms with Gasteiger partial charge in [-0.2, -0.15) is 0 Å². The Morgan fingerprint density at radius 1 is 1.18 bits per heavy atom. The van der Waals surface area contributed by atoms with Crippen molar-refractivity contribution < 1.29 is 9.53 Å². The highest BCUT2D eigenvalue weighted by Crippen LogP contribution is 2.35. The Bertz CT molecular complexity index is 469. The third kappa shape index (κ3) is 1.93. The van der Waals surface area contributed by atoms with Crippen molar-refractivity contribution in [3.05, 3.63) is 29.8 Å². The molecule has 1 aromatic rings. The van der Waals surface area contributed by atoms with Crippen molar-refractivity contribution in [3.63, 3.8) is 0 Å². The highest BCUT2D eigenvalue weighted by atomic mass is 16.5. The van der Waals surface area contributed by atoms with Crippen LogP contribution in [0.3, 0.4) is 0 Å². The number of carbonyl (C=O) groups excluding carboxylic acids is 1. The number of ether oxygens (including phenoxy) is 1. The fourth-order valence-electron chi connectivity index (χ4n) is 2.38. The Labute approximate surface area is 101 Å². The van der Waals surface area contributed by atoms with Gasteiger partial charge in [-0.05, 0) is 12.1 Å². The van der Waals surface area contributed by atoms with Crippen LogP contribution in [0.5, 0.6) is 5.75 Å². The Morgan fingerprint density at radius 2 is 2.00 bits per heavy atom. The molecule has 3 nitrogen and oxygen atoms in total. The minimum absolute atomic E-state index is 0.367. The first-order valence-electron chi connectivity index (χ1n) is 6.03. The highest BCUT2D eigenvalue weighted by Gasteiger charge is 2.21. The summed E-state index contributed by atoms with van der Waals surface area (Å²) in [6.45, 7) is 2.25. The minimum Gasteiger partial charge on any atom is -0.487 e. The molecule has 0 aliphatic carbocycles. The van der Waals surface area contributed by atoms with Crippen molar-refractivity contribution in [1.82, 2.24) is 0 Å². The van der Waals surface area contributed by atoms with E-state index in [1.54, 1.807) is 0 Å². The molecular weight excluding hydrogens is 214 g/mol. The van der Waals surface area contributed by atoms with Gasteiger partial charge in [0.25, 0.3) is 0 Å². The minimum atomic E-state index is 0.367. The number of fused-ring (bicyclic) bond motifs is 1. The second-order valence-electron chi connectivity index (χ2n) is 4.43. The number of ketones is 1. The van der Waals surface area contributed by atoms with Crippen molar-refractivity contribution in [2.45, 2.75) is 12.8 Å². The third-order valence-electron chi connectivity index (χ3n) is 3.31. The topological polar surface area (TPSA) is 29.5 Å². The second-order valence-corrected chi connectivity index (χ2v) is 4.43. The molecule has 2 heterocycles. The maximum atomic E-state index is 11.3. The molecule has 0 atom stereocenters. The van der Waals surface area contributed by atoms with Gasteiger partial charge in [-0.1, -0.05) is 18.2 Å². The van der Waals surface area contributed by atoms with Crippen LogP contribution in [-0.4, -0.2) is 25.5 Å². The lowest BCUT2D eigenvalue weighted by Crippen LogP contribution is -2.34. The van der Waals surface area contributed by atoms with E-state index in [0.29, 0.717) is 25.2 Å². The first kappa shape index (κ1) is 10.4. The van der Waals surface area contributed by atoms with Crippen LogP contribution in [0, 0.1) is 0 Å². The van der Waals surface area contributed by atoms with Crippen molar-refractivity contribution in [2.75, 3.05) is 24.6 Å². The predicted molar refractivity (Wildman–Crippen MR) is 67.4 cm³/mol. The van der Waals surface area contributed by atoms with E-state index >= 15 is 0 Å². The van der Waals surface area contributed by atoms with Gasteiger partial charge in [0.1, 0.15) is 18.1 Å². The smallest absolute Gasteiger partial charge is 0.150 e. The molecule has 3 rings (SSSR count). The summed E-state index contributed by atoms with van der Waals surface area (Å²) in [4.78, 5) is 13.5. The van der Waals surface area contributed by atoms with Crippen LogP contribution in [0.2, 0.25) is 0 Å². The second kappa shape index (κ2) is 4.24. The molecule has 1 aromatic carbocycles. The zero-order valence-electron chi connectivity index (χ0n) is 9.69. The quantitative estimate of drug-likeness (QED) is 0.739.